The number of carbonyl (C=O) groups is 4. The fraction of sp³-hybridized carbons (Fsp3) is 0.733. The van der Waals surface area contributed by atoms with Gasteiger partial charge in [0, 0.05) is 13.1 Å². The molecule has 0 saturated carbocycles. The molecule has 144 valence electrons. The van der Waals surface area contributed by atoms with E-state index in [1.165, 1.54) is 4.90 Å². The molecule has 3 fully saturated rings. The first-order valence-electron chi connectivity index (χ1n) is 8.72. The number of rotatable bonds is 5. The Morgan fingerprint density at radius 1 is 1.19 bits per heavy atom. The van der Waals surface area contributed by atoms with Gasteiger partial charge in [-0.3, -0.25) is 25.3 Å². The fourth-order valence-corrected chi connectivity index (χ4v) is 3.58. The second-order valence-corrected chi connectivity index (χ2v) is 6.70. The molecule has 2 bridgehead atoms. The third-order valence-electron chi connectivity index (χ3n) is 4.93. The third kappa shape index (κ3) is 3.88. The Morgan fingerprint density at radius 2 is 1.96 bits per heavy atom. The number of nitrogens with one attached hydrogen (secondary N) is 3. The van der Waals surface area contributed by atoms with Crippen molar-refractivity contribution < 1.29 is 29.1 Å². The van der Waals surface area contributed by atoms with Crippen molar-refractivity contribution in [3.63, 3.8) is 0 Å². The first-order chi connectivity index (χ1) is 12.5. The van der Waals surface area contributed by atoms with Gasteiger partial charge in [0.15, 0.2) is 6.61 Å². The molecule has 26 heavy (non-hydrogen) atoms. The van der Waals surface area contributed by atoms with E-state index in [-0.39, 0.29) is 24.4 Å². The summed E-state index contributed by atoms with van der Waals surface area (Å²) in [6, 6.07) is -1.52. The van der Waals surface area contributed by atoms with Crippen molar-refractivity contribution in [3.05, 3.63) is 0 Å². The summed E-state index contributed by atoms with van der Waals surface area (Å²) in [5, 5.41) is 12.9. The average Bonchev–Trinajstić information content (AvgIpc) is 2.88. The molecule has 3 heterocycles. The highest BCUT2D eigenvalue weighted by molar-refractivity contribution is 5.90. The summed E-state index contributed by atoms with van der Waals surface area (Å²) in [7, 11) is 0. The second kappa shape index (κ2) is 7.87. The number of hydroxylamine groups is 2. The van der Waals surface area contributed by atoms with Crippen LogP contribution in [-0.4, -0.2) is 77.2 Å². The predicted molar refractivity (Wildman–Crippen MR) is 86.2 cm³/mol. The van der Waals surface area contributed by atoms with Gasteiger partial charge in [0.05, 0.1) is 12.0 Å². The molecule has 11 heteroatoms. The highest BCUT2D eigenvalue weighted by Gasteiger charge is 2.48. The number of carbonyl (C=O) groups excluding carboxylic acids is 3. The molecule has 0 aromatic carbocycles. The molecular weight excluding hydrogens is 346 g/mol. The second-order valence-electron chi connectivity index (χ2n) is 6.70. The molecule has 0 radical (unpaired) electrons. The lowest BCUT2D eigenvalue weighted by molar-refractivity contribution is -0.167. The number of carboxylic acids is 1. The van der Waals surface area contributed by atoms with E-state index in [2.05, 4.69) is 16.2 Å². The van der Waals surface area contributed by atoms with Crippen LogP contribution in [0.1, 0.15) is 25.7 Å². The lowest BCUT2D eigenvalue weighted by Gasteiger charge is -2.29. The van der Waals surface area contributed by atoms with Gasteiger partial charge in [-0.1, -0.05) is 0 Å². The first-order valence-corrected chi connectivity index (χ1v) is 8.72. The van der Waals surface area contributed by atoms with E-state index in [4.69, 9.17) is 9.94 Å². The lowest BCUT2D eigenvalue weighted by Crippen LogP contribution is -2.55. The summed E-state index contributed by atoms with van der Waals surface area (Å²) in [5.74, 6) is -2.08. The Balaban J connectivity index is 1.51. The van der Waals surface area contributed by atoms with Crippen molar-refractivity contribution >= 4 is 23.8 Å². The van der Waals surface area contributed by atoms with Gasteiger partial charge in [0.25, 0.3) is 5.91 Å². The summed E-state index contributed by atoms with van der Waals surface area (Å²) in [6.45, 7) is 1.14. The van der Waals surface area contributed by atoms with Gasteiger partial charge >= 0.3 is 12.0 Å². The van der Waals surface area contributed by atoms with E-state index >= 15 is 0 Å². The molecule has 3 rings (SSSR count). The van der Waals surface area contributed by atoms with Crippen LogP contribution in [0.2, 0.25) is 0 Å². The Kier molecular flexibility index (Phi) is 5.57. The topological polar surface area (TPSA) is 140 Å². The number of carboxylic acid groups (broad SMARTS) is 1. The number of fused-ring (bicyclic) bond motifs is 2. The molecule has 3 saturated heterocycles. The number of aliphatic carboxylic acids is 1. The number of piperidine rings is 2. The Labute approximate surface area is 149 Å². The van der Waals surface area contributed by atoms with Crippen LogP contribution in [0.5, 0.6) is 0 Å². The van der Waals surface area contributed by atoms with E-state index in [9.17, 15) is 19.2 Å². The summed E-state index contributed by atoms with van der Waals surface area (Å²) in [6.07, 6.45) is 2.60. The minimum Gasteiger partial charge on any atom is -0.479 e. The highest BCUT2D eigenvalue weighted by Crippen LogP contribution is 2.30. The largest absolute Gasteiger partial charge is 0.479 e. The molecule has 0 aliphatic carbocycles. The summed E-state index contributed by atoms with van der Waals surface area (Å²) in [5.41, 5.74) is 4.84. The molecule has 0 unspecified atom stereocenters. The fourth-order valence-electron chi connectivity index (χ4n) is 3.58. The van der Waals surface area contributed by atoms with Crippen LogP contribution in [0.4, 0.5) is 4.79 Å². The Bertz CT molecular complexity index is 593. The smallest absolute Gasteiger partial charge is 0.345 e. The number of hydrazine groups is 1. The van der Waals surface area contributed by atoms with Crippen LogP contribution in [-0.2, 0) is 19.2 Å². The normalized spacial score (nSPS) is 28.0. The zero-order valence-corrected chi connectivity index (χ0v) is 14.3. The minimum atomic E-state index is -1.18. The van der Waals surface area contributed by atoms with Gasteiger partial charge < -0.3 is 15.3 Å². The average molecular weight is 369 g/mol. The molecule has 4 amide bonds. The van der Waals surface area contributed by atoms with Crippen molar-refractivity contribution in [2.24, 2.45) is 5.92 Å². The van der Waals surface area contributed by atoms with Crippen LogP contribution in [0, 0.1) is 5.92 Å². The summed E-state index contributed by atoms with van der Waals surface area (Å²) < 4.78 is 0. The van der Waals surface area contributed by atoms with E-state index < -0.39 is 30.6 Å². The minimum absolute atomic E-state index is 0.187. The quantitative estimate of drug-likeness (QED) is 0.429. The molecule has 4 N–H and O–H groups in total. The molecule has 0 aromatic heterocycles. The van der Waals surface area contributed by atoms with Crippen LogP contribution in [0.25, 0.3) is 0 Å². The maximum Gasteiger partial charge on any atom is 0.345 e. The van der Waals surface area contributed by atoms with E-state index in [0.717, 1.165) is 24.4 Å². The van der Waals surface area contributed by atoms with Gasteiger partial charge in [-0.2, -0.15) is 5.06 Å². The molecule has 0 aromatic rings. The molecular formula is C15H23N5O6. The van der Waals surface area contributed by atoms with Gasteiger partial charge in [0.2, 0.25) is 5.91 Å². The maximum absolute atomic E-state index is 12.4. The van der Waals surface area contributed by atoms with Crippen molar-refractivity contribution in [2.45, 2.75) is 37.8 Å². The zero-order valence-electron chi connectivity index (χ0n) is 14.3. The van der Waals surface area contributed by atoms with E-state index in [1.54, 1.807) is 0 Å². The molecule has 3 atom stereocenters. The van der Waals surface area contributed by atoms with Gasteiger partial charge in [-0.25, -0.2) is 9.59 Å². The van der Waals surface area contributed by atoms with Gasteiger partial charge in [-0.15, -0.1) is 0 Å². The number of amides is 4. The number of urea groups is 1. The SMILES string of the molecule is O=C(O)CON1C(=O)N2C[C@H]1CC[C@H]2C(=O)NNC(=O)[C@@H]1CCCNC1. The van der Waals surface area contributed by atoms with Gasteiger partial charge in [0.1, 0.15) is 6.04 Å². The van der Waals surface area contributed by atoms with Crippen molar-refractivity contribution in [1.82, 2.24) is 26.1 Å². The number of hydrogen-bond acceptors (Lipinski definition) is 6. The Hall–Kier alpha value is -2.40. The number of hydrogen-bond donors (Lipinski definition) is 4. The standard InChI is InChI=1S/C15H23N5O6/c21-12(22)8-26-20-10-3-4-11(19(7-10)15(20)25)14(24)18-17-13(23)9-2-1-5-16-6-9/h9-11,16H,1-8H2,(H,17,23)(H,18,24)(H,21,22)/t9-,10-,11+/m1/s1. The van der Waals surface area contributed by atoms with Crippen LogP contribution >= 0.6 is 0 Å². The van der Waals surface area contributed by atoms with Crippen molar-refractivity contribution in [2.75, 3.05) is 26.2 Å². The molecule has 3 aliphatic rings. The number of nitrogens with zero attached hydrogens (tertiary/aromatic N) is 2. The maximum atomic E-state index is 12.4. The zero-order chi connectivity index (χ0) is 18.7. The summed E-state index contributed by atoms with van der Waals surface area (Å²) >= 11 is 0. The van der Waals surface area contributed by atoms with Crippen LogP contribution in [0.3, 0.4) is 0 Å². The molecule has 3 aliphatic heterocycles. The predicted octanol–water partition coefficient (Wildman–Crippen LogP) is -1.58. The Morgan fingerprint density at radius 3 is 2.65 bits per heavy atom. The highest BCUT2D eigenvalue weighted by atomic mass is 16.7. The summed E-state index contributed by atoms with van der Waals surface area (Å²) in [4.78, 5) is 53.8. The lowest BCUT2D eigenvalue weighted by atomic mass is 9.99. The van der Waals surface area contributed by atoms with E-state index in [0.29, 0.717) is 19.4 Å². The monoisotopic (exact) mass is 369 g/mol. The van der Waals surface area contributed by atoms with Gasteiger partial charge in [-0.05, 0) is 32.2 Å². The van der Waals surface area contributed by atoms with Crippen molar-refractivity contribution in [1.29, 1.82) is 0 Å². The van der Waals surface area contributed by atoms with Crippen molar-refractivity contribution in [3.8, 4) is 0 Å². The first kappa shape index (κ1) is 18.4. The third-order valence-corrected chi connectivity index (χ3v) is 4.93. The molecule has 0 spiro atoms. The van der Waals surface area contributed by atoms with Crippen LogP contribution < -0.4 is 16.2 Å². The molecule has 11 nitrogen and oxygen atoms in total. The van der Waals surface area contributed by atoms with E-state index in [1.807, 2.05) is 0 Å². The van der Waals surface area contributed by atoms with Crippen LogP contribution in [0.15, 0.2) is 0 Å².